The van der Waals surface area contributed by atoms with Gasteiger partial charge in [0, 0.05) is 4.75 Å². The number of hydrogen-bond donors (Lipinski definition) is 0. The lowest BCUT2D eigenvalue weighted by molar-refractivity contribution is 0.604. The number of rotatable bonds is 4. The first-order valence-electron chi connectivity index (χ1n) is 3.40. The molecule has 0 heterocycles. The Hall–Kier alpha value is 0.700. The van der Waals surface area contributed by atoms with Gasteiger partial charge in [-0.05, 0) is 26.0 Å². The maximum Gasteiger partial charge on any atom is 0.0230 e. The highest BCUT2D eigenvalue weighted by Crippen LogP contribution is 2.38. The third-order valence-corrected chi connectivity index (χ3v) is 4.63. The Bertz CT molecular complexity index is 67.3. The first-order chi connectivity index (χ1) is 4.18. The molecular formula is C7H16S2. The van der Waals surface area contributed by atoms with E-state index in [4.69, 9.17) is 0 Å². The standard InChI is InChI=1S/C7H16S2/c1-5-7(3,6-2)9-8-4/h5-6H2,1-4H3. The SMILES string of the molecule is CCC(C)(CC)SSC. The van der Waals surface area contributed by atoms with Crippen molar-refractivity contribution in [2.24, 2.45) is 0 Å². The summed E-state index contributed by atoms with van der Waals surface area (Å²) in [6.45, 7) is 6.84. The predicted molar refractivity (Wildman–Crippen MR) is 50.1 cm³/mol. The predicted octanol–water partition coefficient (Wildman–Crippen LogP) is 3.58. The first-order valence-corrected chi connectivity index (χ1v) is 5.96. The van der Waals surface area contributed by atoms with Crippen molar-refractivity contribution in [3.05, 3.63) is 0 Å². The zero-order valence-electron chi connectivity index (χ0n) is 6.73. The first kappa shape index (κ1) is 9.70. The van der Waals surface area contributed by atoms with Crippen LogP contribution in [0.25, 0.3) is 0 Å². The van der Waals surface area contributed by atoms with Crippen molar-refractivity contribution in [1.29, 1.82) is 0 Å². The Kier molecular flexibility index (Phi) is 4.86. The second-order valence-corrected chi connectivity index (χ2v) is 5.39. The van der Waals surface area contributed by atoms with Crippen LogP contribution in [-0.4, -0.2) is 11.0 Å². The van der Waals surface area contributed by atoms with Gasteiger partial charge in [0.1, 0.15) is 0 Å². The maximum atomic E-state index is 2.33. The minimum atomic E-state index is 0.513. The molecule has 0 aromatic heterocycles. The molecule has 0 rings (SSSR count). The van der Waals surface area contributed by atoms with E-state index in [2.05, 4.69) is 27.0 Å². The molecule has 0 aromatic carbocycles. The third kappa shape index (κ3) is 3.41. The van der Waals surface area contributed by atoms with Crippen LogP contribution in [0.4, 0.5) is 0 Å². The summed E-state index contributed by atoms with van der Waals surface area (Å²) in [5.74, 6) is 0. The fourth-order valence-electron chi connectivity index (χ4n) is 0.569. The van der Waals surface area contributed by atoms with Gasteiger partial charge in [0.2, 0.25) is 0 Å². The van der Waals surface area contributed by atoms with E-state index in [1.165, 1.54) is 12.8 Å². The lowest BCUT2D eigenvalue weighted by Gasteiger charge is -2.23. The van der Waals surface area contributed by atoms with Gasteiger partial charge >= 0.3 is 0 Å². The van der Waals surface area contributed by atoms with E-state index in [1.54, 1.807) is 0 Å². The summed E-state index contributed by atoms with van der Waals surface area (Å²) in [5.41, 5.74) is 0. The van der Waals surface area contributed by atoms with Crippen molar-refractivity contribution in [2.75, 3.05) is 6.26 Å². The average Bonchev–Trinajstić information content (AvgIpc) is 1.89. The Balaban J connectivity index is 3.62. The summed E-state index contributed by atoms with van der Waals surface area (Å²) < 4.78 is 0.513. The molecule has 0 saturated carbocycles. The van der Waals surface area contributed by atoms with Crippen molar-refractivity contribution < 1.29 is 0 Å². The van der Waals surface area contributed by atoms with Gasteiger partial charge in [-0.2, -0.15) is 0 Å². The minimum absolute atomic E-state index is 0.513. The highest BCUT2D eigenvalue weighted by atomic mass is 33.1. The van der Waals surface area contributed by atoms with E-state index in [9.17, 15) is 0 Å². The van der Waals surface area contributed by atoms with Gasteiger partial charge < -0.3 is 0 Å². The summed E-state index contributed by atoms with van der Waals surface area (Å²) in [5, 5.41) is 0. The molecule has 2 heteroatoms. The van der Waals surface area contributed by atoms with Gasteiger partial charge in [-0.1, -0.05) is 35.4 Å². The fourth-order valence-corrected chi connectivity index (χ4v) is 3.12. The largest absolute Gasteiger partial charge is 0.0970 e. The zero-order chi connectivity index (χ0) is 7.33. The molecule has 0 amide bonds. The smallest absolute Gasteiger partial charge is 0.0230 e. The normalized spacial score (nSPS) is 12.0. The summed E-state index contributed by atoms with van der Waals surface area (Å²) in [6.07, 6.45) is 4.69. The minimum Gasteiger partial charge on any atom is -0.0970 e. The van der Waals surface area contributed by atoms with Crippen LogP contribution in [0.1, 0.15) is 33.6 Å². The summed E-state index contributed by atoms with van der Waals surface area (Å²) in [7, 11) is 3.87. The van der Waals surface area contributed by atoms with Gasteiger partial charge in [-0.15, -0.1) is 0 Å². The van der Waals surface area contributed by atoms with Crippen LogP contribution >= 0.6 is 21.6 Å². The van der Waals surface area contributed by atoms with Gasteiger partial charge in [-0.25, -0.2) is 0 Å². The molecule has 0 saturated heterocycles. The molecule has 9 heavy (non-hydrogen) atoms. The van der Waals surface area contributed by atoms with Crippen molar-refractivity contribution >= 4 is 21.6 Å². The molecule has 0 aromatic rings. The van der Waals surface area contributed by atoms with Crippen molar-refractivity contribution in [3.63, 3.8) is 0 Å². The van der Waals surface area contributed by atoms with Crippen LogP contribution in [-0.2, 0) is 0 Å². The Labute approximate surface area is 66.6 Å². The lowest BCUT2D eigenvalue weighted by Crippen LogP contribution is -2.14. The van der Waals surface area contributed by atoms with Crippen LogP contribution in [0.15, 0.2) is 0 Å². The second-order valence-electron chi connectivity index (χ2n) is 2.41. The highest BCUT2D eigenvalue weighted by Gasteiger charge is 2.18. The van der Waals surface area contributed by atoms with E-state index >= 15 is 0 Å². The molecular weight excluding hydrogens is 148 g/mol. The molecule has 0 aliphatic rings. The van der Waals surface area contributed by atoms with Crippen LogP contribution in [0.3, 0.4) is 0 Å². The van der Waals surface area contributed by atoms with E-state index < -0.39 is 0 Å². The molecule has 0 fully saturated rings. The van der Waals surface area contributed by atoms with Crippen molar-refractivity contribution in [2.45, 2.75) is 38.4 Å². The molecule has 0 bridgehead atoms. The monoisotopic (exact) mass is 164 g/mol. The Morgan fingerprint density at radius 2 is 1.67 bits per heavy atom. The topological polar surface area (TPSA) is 0 Å². The molecule has 0 atom stereocenters. The van der Waals surface area contributed by atoms with Crippen LogP contribution < -0.4 is 0 Å². The van der Waals surface area contributed by atoms with Gasteiger partial charge in [0.15, 0.2) is 0 Å². The molecule has 0 nitrogen and oxygen atoms in total. The summed E-state index contributed by atoms with van der Waals surface area (Å²) >= 11 is 0. The summed E-state index contributed by atoms with van der Waals surface area (Å²) in [6, 6.07) is 0. The van der Waals surface area contributed by atoms with Crippen molar-refractivity contribution in [3.8, 4) is 0 Å². The van der Waals surface area contributed by atoms with Crippen molar-refractivity contribution in [1.82, 2.24) is 0 Å². The molecule has 0 radical (unpaired) electrons. The molecule has 0 spiro atoms. The summed E-state index contributed by atoms with van der Waals surface area (Å²) in [4.78, 5) is 0. The molecule has 56 valence electrons. The van der Waals surface area contributed by atoms with Crippen LogP contribution in [0.5, 0.6) is 0 Å². The average molecular weight is 164 g/mol. The van der Waals surface area contributed by atoms with E-state index in [-0.39, 0.29) is 0 Å². The zero-order valence-corrected chi connectivity index (χ0v) is 8.36. The maximum absolute atomic E-state index is 2.33. The van der Waals surface area contributed by atoms with E-state index in [0.29, 0.717) is 4.75 Å². The Morgan fingerprint density at radius 1 is 1.22 bits per heavy atom. The third-order valence-electron chi connectivity index (χ3n) is 1.78. The molecule has 0 N–H and O–H groups in total. The van der Waals surface area contributed by atoms with Crippen LogP contribution in [0, 0.1) is 0 Å². The van der Waals surface area contributed by atoms with Gasteiger partial charge in [0.05, 0.1) is 0 Å². The molecule has 0 aliphatic heterocycles. The lowest BCUT2D eigenvalue weighted by atomic mass is 10.1. The van der Waals surface area contributed by atoms with E-state index in [1.807, 2.05) is 21.6 Å². The van der Waals surface area contributed by atoms with E-state index in [0.717, 1.165) is 0 Å². The quantitative estimate of drug-likeness (QED) is 0.583. The highest BCUT2D eigenvalue weighted by molar-refractivity contribution is 8.76. The molecule has 0 aliphatic carbocycles. The number of hydrogen-bond acceptors (Lipinski definition) is 2. The molecule has 0 unspecified atom stereocenters. The Morgan fingerprint density at radius 3 is 1.78 bits per heavy atom. The van der Waals surface area contributed by atoms with Gasteiger partial charge in [-0.3, -0.25) is 0 Å². The van der Waals surface area contributed by atoms with Gasteiger partial charge in [0.25, 0.3) is 0 Å². The fraction of sp³-hybridized carbons (Fsp3) is 1.00. The van der Waals surface area contributed by atoms with Crippen LogP contribution in [0.2, 0.25) is 0 Å². The second kappa shape index (κ2) is 4.51.